The van der Waals surface area contributed by atoms with Crippen molar-refractivity contribution in [3.63, 3.8) is 0 Å². The highest BCUT2D eigenvalue weighted by Crippen LogP contribution is 2.28. The highest BCUT2D eigenvalue weighted by Gasteiger charge is 2.26. The Morgan fingerprint density at radius 2 is 1.89 bits per heavy atom. The van der Waals surface area contributed by atoms with Crippen molar-refractivity contribution < 1.29 is 14.3 Å². The number of rotatable bonds is 4. The molecular formula is C21H24N4O3. The smallest absolute Gasteiger partial charge is 0.259 e. The highest BCUT2D eigenvalue weighted by molar-refractivity contribution is 6.07. The number of pyridine rings is 1. The third-order valence-electron chi connectivity index (χ3n) is 5.20. The van der Waals surface area contributed by atoms with Gasteiger partial charge in [-0.1, -0.05) is 18.2 Å². The van der Waals surface area contributed by atoms with Gasteiger partial charge in [-0.15, -0.1) is 0 Å². The number of amides is 2. The molecule has 2 aromatic rings. The largest absolute Gasteiger partial charge is 0.378 e. The van der Waals surface area contributed by atoms with Gasteiger partial charge in [0, 0.05) is 31.5 Å². The minimum Gasteiger partial charge on any atom is -0.378 e. The van der Waals surface area contributed by atoms with Crippen molar-refractivity contribution >= 4 is 23.3 Å². The number of morpholine rings is 1. The van der Waals surface area contributed by atoms with Crippen molar-refractivity contribution in [2.24, 2.45) is 0 Å². The van der Waals surface area contributed by atoms with Crippen molar-refractivity contribution in [1.82, 2.24) is 9.88 Å². The Balaban J connectivity index is 1.40. The predicted molar refractivity (Wildman–Crippen MR) is 107 cm³/mol. The molecule has 28 heavy (non-hydrogen) atoms. The van der Waals surface area contributed by atoms with E-state index < -0.39 is 6.04 Å². The molecule has 0 radical (unpaired) electrons. The van der Waals surface area contributed by atoms with E-state index in [1.807, 2.05) is 25.1 Å². The van der Waals surface area contributed by atoms with Crippen LogP contribution in [-0.4, -0.2) is 60.6 Å². The standard InChI is InChI=1S/C21H24N4O3/c1-15(20(26)24-10-12-28-13-11-24)23-19-7-6-17(14-22-19)21(27)25-9-8-16-4-2-3-5-18(16)25/h2-7,14-15H,8-13H2,1H3,(H,22,23). The number of fused-ring (bicyclic) bond motifs is 1. The Morgan fingerprint density at radius 1 is 1.11 bits per heavy atom. The second-order valence-corrected chi connectivity index (χ2v) is 7.07. The first-order chi connectivity index (χ1) is 13.6. The number of carbonyl (C=O) groups excluding carboxylic acids is 2. The summed E-state index contributed by atoms with van der Waals surface area (Å²) in [6, 6.07) is 11.1. The average molecular weight is 380 g/mol. The minimum absolute atomic E-state index is 0.0268. The molecule has 1 N–H and O–H groups in total. The van der Waals surface area contributed by atoms with Gasteiger partial charge < -0.3 is 19.9 Å². The van der Waals surface area contributed by atoms with E-state index in [0.29, 0.717) is 44.2 Å². The molecule has 146 valence electrons. The van der Waals surface area contributed by atoms with E-state index in [-0.39, 0.29) is 11.8 Å². The van der Waals surface area contributed by atoms with Crippen molar-refractivity contribution in [2.75, 3.05) is 43.1 Å². The van der Waals surface area contributed by atoms with Crippen molar-refractivity contribution in [2.45, 2.75) is 19.4 Å². The molecule has 1 unspecified atom stereocenters. The van der Waals surface area contributed by atoms with Gasteiger partial charge in [0.1, 0.15) is 11.9 Å². The summed E-state index contributed by atoms with van der Waals surface area (Å²) in [5.74, 6) is 0.549. The van der Waals surface area contributed by atoms with Crippen LogP contribution in [0, 0.1) is 0 Å². The molecule has 3 heterocycles. The Kier molecular flexibility index (Phi) is 5.25. The maximum atomic E-state index is 12.9. The van der Waals surface area contributed by atoms with Crippen LogP contribution in [-0.2, 0) is 16.0 Å². The van der Waals surface area contributed by atoms with Gasteiger partial charge in [-0.3, -0.25) is 9.59 Å². The summed E-state index contributed by atoms with van der Waals surface area (Å²) in [5, 5.41) is 3.12. The third-order valence-corrected chi connectivity index (χ3v) is 5.20. The number of para-hydroxylation sites is 1. The fraction of sp³-hybridized carbons (Fsp3) is 0.381. The van der Waals surface area contributed by atoms with E-state index in [4.69, 9.17) is 4.74 Å². The summed E-state index contributed by atoms with van der Waals surface area (Å²) >= 11 is 0. The van der Waals surface area contributed by atoms with Crippen LogP contribution < -0.4 is 10.2 Å². The molecule has 1 aromatic carbocycles. The zero-order valence-corrected chi connectivity index (χ0v) is 15.9. The summed E-state index contributed by atoms with van der Waals surface area (Å²) in [6.07, 6.45) is 2.44. The number of carbonyl (C=O) groups is 2. The lowest BCUT2D eigenvalue weighted by Crippen LogP contribution is -2.47. The minimum atomic E-state index is -0.391. The number of benzene rings is 1. The van der Waals surface area contributed by atoms with E-state index in [0.717, 1.165) is 12.1 Å². The molecule has 2 aliphatic heterocycles. The van der Waals surface area contributed by atoms with E-state index in [1.165, 1.54) is 5.56 Å². The lowest BCUT2D eigenvalue weighted by molar-refractivity contribution is -0.135. The molecule has 2 amide bonds. The Labute approximate surface area is 164 Å². The van der Waals surface area contributed by atoms with Crippen LogP contribution in [0.3, 0.4) is 0 Å². The first kappa shape index (κ1) is 18.4. The Hall–Kier alpha value is -2.93. The van der Waals surface area contributed by atoms with E-state index in [1.54, 1.807) is 28.1 Å². The van der Waals surface area contributed by atoms with Crippen LogP contribution in [0.4, 0.5) is 11.5 Å². The number of nitrogens with one attached hydrogen (secondary N) is 1. The molecular weight excluding hydrogens is 356 g/mol. The Bertz CT molecular complexity index is 862. The van der Waals surface area contributed by atoms with Crippen molar-refractivity contribution in [3.8, 4) is 0 Å². The number of ether oxygens (including phenoxy) is 1. The molecule has 0 bridgehead atoms. The summed E-state index contributed by atoms with van der Waals surface area (Å²) in [4.78, 5) is 33.3. The lowest BCUT2D eigenvalue weighted by Gasteiger charge is -2.29. The number of hydrogen-bond donors (Lipinski definition) is 1. The maximum Gasteiger partial charge on any atom is 0.259 e. The lowest BCUT2D eigenvalue weighted by atomic mass is 10.2. The quantitative estimate of drug-likeness (QED) is 0.878. The first-order valence-electron chi connectivity index (χ1n) is 9.62. The van der Waals surface area contributed by atoms with Gasteiger partial charge in [0.2, 0.25) is 5.91 Å². The maximum absolute atomic E-state index is 12.9. The van der Waals surface area contributed by atoms with E-state index >= 15 is 0 Å². The van der Waals surface area contributed by atoms with Crippen LogP contribution >= 0.6 is 0 Å². The van der Waals surface area contributed by atoms with Gasteiger partial charge in [-0.05, 0) is 37.1 Å². The third kappa shape index (κ3) is 3.71. The fourth-order valence-electron chi connectivity index (χ4n) is 3.65. The predicted octanol–water partition coefficient (Wildman–Crippen LogP) is 1.94. The second kappa shape index (κ2) is 7.98. The van der Waals surface area contributed by atoms with E-state index in [2.05, 4.69) is 16.4 Å². The number of anilines is 2. The molecule has 1 atom stereocenters. The van der Waals surface area contributed by atoms with Crippen molar-refractivity contribution in [1.29, 1.82) is 0 Å². The molecule has 4 rings (SSSR count). The average Bonchev–Trinajstić information content (AvgIpc) is 3.18. The molecule has 2 aliphatic rings. The Morgan fingerprint density at radius 3 is 2.64 bits per heavy atom. The number of hydrogen-bond acceptors (Lipinski definition) is 5. The summed E-state index contributed by atoms with van der Waals surface area (Å²) in [6.45, 7) is 4.88. The number of nitrogens with zero attached hydrogens (tertiary/aromatic N) is 3. The molecule has 0 spiro atoms. The first-order valence-corrected chi connectivity index (χ1v) is 9.62. The molecule has 7 heteroatoms. The SMILES string of the molecule is CC(Nc1ccc(C(=O)N2CCc3ccccc32)cn1)C(=O)N1CCOCC1. The van der Waals surface area contributed by atoms with Gasteiger partial charge in [0.05, 0.1) is 18.8 Å². The molecule has 0 aliphatic carbocycles. The van der Waals surface area contributed by atoms with Crippen LogP contribution in [0.25, 0.3) is 0 Å². The van der Waals surface area contributed by atoms with Gasteiger partial charge >= 0.3 is 0 Å². The molecule has 1 aromatic heterocycles. The van der Waals surface area contributed by atoms with Gasteiger partial charge in [-0.25, -0.2) is 4.98 Å². The van der Waals surface area contributed by atoms with Crippen LogP contribution in [0.1, 0.15) is 22.8 Å². The van der Waals surface area contributed by atoms with Gasteiger partial charge in [0.15, 0.2) is 0 Å². The normalized spacial score (nSPS) is 17.2. The molecule has 0 saturated carbocycles. The zero-order chi connectivity index (χ0) is 19.5. The fourth-order valence-corrected chi connectivity index (χ4v) is 3.65. The summed E-state index contributed by atoms with van der Waals surface area (Å²) in [5.41, 5.74) is 2.70. The molecule has 1 saturated heterocycles. The zero-order valence-electron chi connectivity index (χ0n) is 15.9. The van der Waals surface area contributed by atoms with Crippen LogP contribution in [0.2, 0.25) is 0 Å². The van der Waals surface area contributed by atoms with E-state index in [9.17, 15) is 9.59 Å². The second-order valence-electron chi connectivity index (χ2n) is 7.07. The highest BCUT2D eigenvalue weighted by atomic mass is 16.5. The van der Waals surface area contributed by atoms with Crippen LogP contribution in [0.15, 0.2) is 42.6 Å². The van der Waals surface area contributed by atoms with Crippen LogP contribution in [0.5, 0.6) is 0 Å². The summed E-state index contributed by atoms with van der Waals surface area (Å²) < 4.78 is 5.29. The topological polar surface area (TPSA) is 74.8 Å². The molecule has 7 nitrogen and oxygen atoms in total. The number of aromatic nitrogens is 1. The molecule has 1 fully saturated rings. The summed E-state index contributed by atoms with van der Waals surface area (Å²) in [7, 11) is 0. The van der Waals surface area contributed by atoms with Gasteiger partial charge in [0.25, 0.3) is 5.91 Å². The monoisotopic (exact) mass is 380 g/mol. The van der Waals surface area contributed by atoms with Gasteiger partial charge in [-0.2, -0.15) is 0 Å². The van der Waals surface area contributed by atoms with Crippen molar-refractivity contribution in [3.05, 3.63) is 53.7 Å².